The van der Waals surface area contributed by atoms with E-state index in [1.54, 1.807) is 0 Å². The average Bonchev–Trinajstić information content (AvgIpc) is 3.29. The van der Waals surface area contributed by atoms with Crippen LogP contribution in [0.2, 0.25) is 0 Å². The number of carbonyl (C=O) groups is 1. The summed E-state index contributed by atoms with van der Waals surface area (Å²) in [6.45, 7) is 7.64. The summed E-state index contributed by atoms with van der Waals surface area (Å²) in [7, 11) is 0. The van der Waals surface area contributed by atoms with E-state index in [1.165, 1.54) is 31.4 Å². The van der Waals surface area contributed by atoms with E-state index in [0.29, 0.717) is 24.4 Å². The standard InChI is InChI=1S/C22H34N4O2/c1-21(2)15-24(10-11-25(21)12-13-27)20(28)19-16-6-8-22(19,14-16)18-7-9-23-26(18)17-4-3-5-17/h7,9,16-17,19,27H,3-6,8,10-15H2,1-2H3. The van der Waals surface area contributed by atoms with E-state index in [2.05, 4.69) is 39.5 Å². The third-order valence-electron chi connectivity index (χ3n) is 8.28. The molecule has 0 aromatic carbocycles. The molecule has 1 aromatic heterocycles. The first-order valence-corrected chi connectivity index (χ1v) is 11.1. The normalized spacial score (nSPS) is 34.9. The highest BCUT2D eigenvalue weighted by molar-refractivity contribution is 5.83. The number of piperazine rings is 1. The summed E-state index contributed by atoms with van der Waals surface area (Å²) in [5.74, 6) is 1.06. The van der Waals surface area contributed by atoms with Crippen LogP contribution in [0.25, 0.3) is 0 Å². The van der Waals surface area contributed by atoms with Gasteiger partial charge >= 0.3 is 0 Å². The molecule has 2 bridgehead atoms. The molecule has 0 spiro atoms. The summed E-state index contributed by atoms with van der Waals surface area (Å²) in [4.78, 5) is 18.1. The van der Waals surface area contributed by atoms with Gasteiger partial charge in [0.15, 0.2) is 0 Å². The smallest absolute Gasteiger partial charge is 0.227 e. The van der Waals surface area contributed by atoms with Crippen molar-refractivity contribution in [1.82, 2.24) is 19.6 Å². The predicted octanol–water partition coefficient (Wildman–Crippen LogP) is 2.19. The van der Waals surface area contributed by atoms with Crippen LogP contribution in [0, 0.1) is 11.8 Å². The van der Waals surface area contributed by atoms with Crippen molar-refractivity contribution < 1.29 is 9.90 Å². The van der Waals surface area contributed by atoms with Crippen LogP contribution in [0.1, 0.15) is 64.1 Å². The summed E-state index contributed by atoms with van der Waals surface area (Å²) in [6, 6.07) is 2.75. The summed E-state index contributed by atoms with van der Waals surface area (Å²) in [5.41, 5.74) is 1.28. The Kier molecular flexibility index (Phi) is 4.36. The Bertz CT molecular complexity index is 751. The van der Waals surface area contributed by atoms with E-state index >= 15 is 0 Å². The minimum atomic E-state index is -0.0830. The van der Waals surface area contributed by atoms with Crippen LogP contribution in [-0.2, 0) is 10.2 Å². The lowest BCUT2D eigenvalue weighted by molar-refractivity contribution is -0.149. The zero-order valence-corrected chi connectivity index (χ0v) is 17.3. The van der Waals surface area contributed by atoms with Gasteiger partial charge in [0.25, 0.3) is 0 Å². The van der Waals surface area contributed by atoms with Gasteiger partial charge in [0, 0.05) is 49.0 Å². The maximum atomic E-state index is 13.7. The molecule has 0 radical (unpaired) electrons. The molecule has 3 atom stereocenters. The van der Waals surface area contributed by atoms with Crippen molar-refractivity contribution in [2.45, 2.75) is 69.4 Å². The monoisotopic (exact) mass is 386 g/mol. The molecule has 6 heteroatoms. The molecule has 2 heterocycles. The van der Waals surface area contributed by atoms with E-state index in [9.17, 15) is 9.90 Å². The molecule has 3 unspecified atom stereocenters. The Balaban J connectivity index is 1.37. The van der Waals surface area contributed by atoms with E-state index in [4.69, 9.17) is 0 Å². The number of fused-ring (bicyclic) bond motifs is 1. The number of aliphatic hydroxyl groups is 1. The Hall–Kier alpha value is -1.40. The summed E-state index contributed by atoms with van der Waals surface area (Å²) < 4.78 is 2.27. The van der Waals surface area contributed by atoms with Gasteiger partial charge in [0.1, 0.15) is 0 Å². The summed E-state index contributed by atoms with van der Waals surface area (Å²) in [5, 5.41) is 14.0. The molecule has 154 valence electrons. The van der Waals surface area contributed by atoms with Gasteiger partial charge in [-0.15, -0.1) is 0 Å². The first-order valence-electron chi connectivity index (χ1n) is 11.1. The number of amides is 1. The Morgan fingerprint density at radius 2 is 2.11 bits per heavy atom. The zero-order valence-electron chi connectivity index (χ0n) is 17.3. The molecule has 1 N–H and O–H groups in total. The minimum absolute atomic E-state index is 0.0280. The molecule has 1 saturated heterocycles. The first-order chi connectivity index (χ1) is 13.5. The lowest BCUT2D eigenvalue weighted by Crippen LogP contribution is -2.64. The lowest BCUT2D eigenvalue weighted by Gasteiger charge is -2.52. The molecule has 28 heavy (non-hydrogen) atoms. The van der Waals surface area contributed by atoms with Crippen molar-refractivity contribution in [2.24, 2.45) is 11.8 Å². The zero-order chi connectivity index (χ0) is 19.5. The lowest BCUT2D eigenvalue weighted by atomic mass is 9.57. The van der Waals surface area contributed by atoms with E-state index in [0.717, 1.165) is 32.5 Å². The largest absolute Gasteiger partial charge is 0.395 e. The molecule has 1 aliphatic heterocycles. The molecule has 6 rings (SSSR count). The second-order valence-electron chi connectivity index (χ2n) is 10.2. The molecule has 4 saturated carbocycles. The third-order valence-corrected chi connectivity index (χ3v) is 8.28. The van der Waals surface area contributed by atoms with Crippen molar-refractivity contribution in [3.8, 4) is 0 Å². The van der Waals surface area contributed by atoms with Crippen molar-refractivity contribution in [3.63, 3.8) is 0 Å². The molecule has 1 amide bonds. The quantitative estimate of drug-likeness (QED) is 0.843. The number of aliphatic hydroxyl groups excluding tert-OH is 1. The fourth-order valence-corrected chi connectivity index (χ4v) is 6.54. The van der Waals surface area contributed by atoms with E-state index in [1.807, 2.05) is 6.20 Å². The average molecular weight is 387 g/mol. The topological polar surface area (TPSA) is 61.6 Å². The van der Waals surface area contributed by atoms with Crippen LogP contribution in [0.4, 0.5) is 0 Å². The SMILES string of the molecule is CC1(C)CN(C(=O)C2C3CCC2(c2ccnn2C2CCC2)C3)CCN1CCO. The van der Waals surface area contributed by atoms with Gasteiger partial charge in [-0.3, -0.25) is 14.4 Å². The van der Waals surface area contributed by atoms with Crippen LogP contribution in [0.3, 0.4) is 0 Å². The fourth-order valence-electron chi connectivity index (χ4n) is 6.54. The Labute approximate surface area is 167 Å². The third kappa shape index (κ3) is 2.60. The number of aromatic nitrogens is 2. The number of rotatable bonds is 5. The number of β-amino-alcohol motifs (C(OH)–C–C–N with tert-alkyl or cyclic N) is 1. The van der Waals surface area contributed by atoms with Gasteiger partial charge in [-0.25, -0.2) is 0 Å². The van der Waals surface area contributed by atoms with Crippen LogP contribution < -0.4 is 0 Å². The molecule has 1 aromatic rings. The second kappa shape index (κ2) is 6.56. The Morgan fingerprint density at radius 3 is 2.75 bits per heavy atom. The van der Waals surface area contributed by atoms with Crippen LogP contribution in [0.15, 0.2) is 12.3 Å². The van der Waals surface area contributed by atoms with Gasteiger partial charge < -0.3 is 10.0 Å². The van der Waals surface area contributed by atoms with Gasteiger partial charge in [-0.1, -0.05) is 0 Å². The number of carbonyl (C=O) groups excluding carboxylic acids is 1. The molecule has 4 aliphatic carbocycles. The van der Waals surface area contributed by atoms with Gasteiger partial charge in [-0.2, -0.15) is 5.10 Å². The van der Waals surface area contributed by atoms with Crippen molar-refractivity contribution in [1.29, 1.82) is 0 Å². The summed E-state index contributed by atoms with van der Waals surface area (Å²) >= 11 is 0. The van der Waals surface area contributed by atoms with Gasteiger partial charge in [-0.05, 0) is 64.4 Å². The van der Waals surface area contributed by atoms with Crippen molar-refractivity contribution in [3.05, 3.63) is 18.0 Å². The predicted molar refractivity (Wildman–Crippen MR) is 107 cm³/mol. The van der Waals surface area contributed by atoms with Crippen LogP contribution in [0.5, 0.6) is 0 Å². The van der Waals surface area contributed by atoms with Crippen LogP contribution in [-0.4, -0.2) is 68.9 Å². The van der Waals surface area contributed by atoms with Crippen LogP contribution >= 0.6 is 0 Å². The molecule has 5 aliphatic rings. The molecule has 6 nitrogen and oxygen atoms in total. The van der Waals surface area contributed by atoms with E-state index in [-0.39, 0.29) is 23.5 Å². The molecular weight excluding hydrogens is 352 g/mol. The highest BCUT2D eigenvalue weighted by Gasteiger charge is 2.65. The van der Waals surface area contributed by atoms with Crippen molar-refractivity contribution in [2.75, 3.05) is 32.8 Å². The van der Waals surface area contributed by atoms with Gasteiger partial charge in [0.2, 0.25) is 5.91 Å². The van der Waals surface area contributed by atoms with Crippen molar-refractivity contribution >= 4 is 5.91 Å². The van der Waals surface area contributed by atoms with Gasteiger partial charge in [0.05, 0.1) is 18.6 Å². The minimum Gasteiger partial charge on any atom is -0.395 e. The number of hydrogen-bond acceptors (Lipinski definition) is 4. The first kappa shape index (κ1) is 18.6. The maximum Gasteiger partial charge on any atom is 0.227 e. The Morgan fingerprint density at radius 1 is 1.29 bits per heavy atom. The number of nitrogens with zero attached hydrogens (tertiary/aromatic N) is 4. The summed E-state index contributed by atoms with van der Waals surface area (Å²) in [6.07, 6.45) is 9.19. The second-order valence-corrected chi connectivity index (χ2v) is 10.2. The van der Waals surface area contributed by atoms with E-state index < -0.39 is 0 Å². The fraction of sp³-hybridized carbons (Fsp3) is 0.818. The molecular formula is C22H34N4O2. The number of hydrogen-bond donors (Lipinski definition) is 1. The maximum absolute atomic E-state index is 13.7. The highest BCUT2D eigenvalue weighted by atomic mass is 16.3. The molecule has 5 fully saturated rings. The highest BCUT2D eigenvalue weighted by Crippen LogP contribution is 2.64.